The molecule has 1 amide bonds. The molecule has 0 radical (unpaired) electrons. The van der Waals surface area contributed by atoms with Crippen LogP contribution in [-0.4, -0.2) is 34.4 Å². The number of aromatic nitrogens is 2. The zero-order valence-electron chi connectivity index (χ0n) is 18.2. The van der Waals surface area contributed by atoms with Crippen LogP contribution in [0.5, 0.6) is 5.75 Å². The summed E-state index contributed by atoms with van der Waals surface area (Å²) in [6, 6.07) is 11.8. The molecule has 1 N–H and O–H groups in total. The van der Waals surface area contributed by atoms with E-state index >= 15 is 0 Å². The van der Waals surface area contributed by atoms with Gasteiger partial charge in [0.2, 0.25) is 0 Å². The van der Waals surface area contributed by atoms with E-state index in [1.807, 2.05) is 29.2 Å². The number of amides is 1. The highest BCUT2D eigenvalue weighted by Gasteiger charge is 2.32. The van der Waals surface area contributed by atoms with Crippen molar-refractivity contribution in [2.45, 2.75) is 50.8 Å². The van der Waals surface area contributed by atoms with Crippen LogP contribution in [0.15, 0.2) is 54.9 Å². The number of benzene rings is 2. The van der Waals surface area contributed by atoms with E-state index in [-0.39, 0.29) is 24.2 Å². The first-order valence-corrected chi connectivity index (χ1v) is 11.4. The van der Waals surface area contributed by atoms with Gasteiger partial charge in [0.15, 0.2) is 17.7 Å². The number of carbonyl (C=O) groups is 1. The van der Waals surface area contributed by atoms with Crippen LogP contribution in [0.25, 0.3) is 5.69 Å². The zero-order chi connectivity index (χ0) is 22.8. The third-order valence-electron chi connectivity index (χ3n) is 6.29. The lowest BCUT2D eigenvalue weighted by molar-refractivity contribution is -0.128. The zero-order valence-corrected chi connectivity index (χ0v) is 18.2. The fourth-order valence-electron chi connectivity index (χ4n) is 4.68. The molecule has 1 atom stereocenters. The second kappa shape index (κ2) is 9.21. The summed E-state index contributed by atoms with van der Waals surface area (Å²) in [7, 11) is 0. The van der Waals surface area contributed by atoms with Crippen molar-refractivity contribution in [2.24, 2.45) is 0 Å². The van der Waals surface area contributed by atoms with E-state index in [9.17, 15) is 13.6 Å². The SMILES string of the molecule is O=C(NC1CCCCC1)C1CN(Cc2cc(F)c(-n3cccn3)c(F)c2)c2ccccc2O1. The monoisotopic (exact) mass is 452 g/mol. The van der Waals surface area contributed by atoms with Crippen molar-refractivity contribution in [3.63, 3.8) is 0 Å². The van der Waals surface area contributed by atoms with E-state index in [1.165, 1.54) is 35.6 Å². The number of hydrogen-bond donors (Lipinski definition) is 1. The highest BCUT2D eigenvalue weighted by atomic mass is 19.1. The number of hydrogen-bond acceptors (Lipinski definition) is 4. The van der Waals surface area contributed by atoms with E-state index in [1.54, 1.807) is 6.07 Å². The Balaban J connectivity index is 1.37. The van der Waals surface area contributed by atoms with E-state index in [0.29, 0.717) is 17.9 Å². The van der Waals surface area contributed by atoms with E-state index in [0.717, 1.165) is 31.4 Å². The Morgan fingerprint density at radius 1 is 1.09 bits per heavy atom. The molecular weight excluding hydrogens is 426 g/mol. The van der Waals surface area contributed by atoms with Gasteiger partial charge in [0.05, 0.1) is 12.2 Å². The van der Waals surface area contributed by atoms with Gasteiger partial charge in [-0.25, -0.2) is 13.5 Å². The first-order chi connectivity index (χ1) is 16.1. The second-order valence-electron chi connectivity index (χ2n) is 8.66. The quantitative estimate of drug-likeness (QED) is 0.625. The molecule has 1 saturated carbocycles. The van der Waals surface area contributed by atoms with Crippen molar-refractivity contribution in [2.75, 3.05) is 11.4 Å². The van der Waals surface area contributed by atoms with Crippen LogP contribution in [0.4, 0.5) is 14.5 Å². The summed E-state index contributed by atoms with van der Waals surface area (Å²) < 4.78 is 36.7. The molecule has 3 aromatic rings. The number of anilines is 1. The Bertz CT molecular complexity index is 1110. The first-order valence-electron chi connectivity index (χ1n) is 11.4. The van der Waals surface area contributed by atoms with Crippen LogP contribution in [-0.2, 0) is 11.3 Å². The van der Waals surface area contributed by atoms with Crippen molar-refractivity contribution in [3.05, 3.63) is 72.1 Å². The van der Waals surface area contributed by atoms with Gasteiger partial charge in [-0.15, -0.1) is 0 Å². The lowest BCUT2D eigenvalue weighted by Crippen LogP contribution is -2.51. The van der Waals surface area contributed by atoms with Gasteiger partial charge in [-0.3, -0.25) is 4.79 Å². The summed E-state index contributed by atoms with van der Waals surface area (Å²) in [5.41, 5.74) is 1.04. The van der Waals surface area contributed by atoms with Gasteiger partial charge in [-0.2, -0.15) is 5.10 Å². The van der Waals surface area contributed by atoms with Gasteiger partial charge in [-0.1, -0.05) is 31.4 Å². The Hall–Kier alpha value is -3.42. The fourth-order valence-corrected chi connectivity index (χ4v) is 4.68. The van der Waals surface area contributed by atoms with Crippen molar-refractivity contribution in [1.29, 1.82) is 0 Å². The van der Waals surface area contributed by atoms with Gasteiger partial charge < -0.3 is 15.0 Å². The Morgan fingerprint density at radius 3 is 2.58 bits per heavy atom. The van der Waals surface area contributed by atoms with Crippen LogP contribution in [0.1, 0.15) is 37.7 Å². The van der Waals surface area contributed by atoms with Crippen molar-refractivity contribution >= 4 is 11.6 Å². The van der Waals surface area contributed by atoms with Crippen molar-refractivity contribution < 1.29 is 18.3 Å². The molecule has 33 heavy (non-hydrogen) atoms. The molecule has 8 heteroatoms. The number of para-hydroxylation sites is 2. The molecule has 2 heterocycles. The van der Waals surface area contributed by atoms with Gasteiger partial charge >= 0.3 is 0 Å². The lowest BCUT2D eigenvalue weighted by Gasteiger charge is -2.36. The molecule has 0 spiro atoms. The summed E-state index contributed by atoms with van der Waals surface area (Å²) in [4.78, 5) is 14.9. The maximum absolute atomic E-state index is 14.8. The molecule has 172 valence electrons. The summed E-state index contributed by atoms with van der Waals surface area (Å²) >= 11 is 0. The van der Waals surface area contributed by atoms with E-state index in [2.05, 4.69) is 10.4 Å². The Kier molecular flexibility index (Phi) is 5.98. The number of carbonyl (C=O) groups excluding carboxylic acids is 1. The average molecular weight is 453 g/mol. The smallest absolute Gasteiger partial charge is 0.263 e. The second-order valence-corrected chi connectivity index (χ2v) is 8.66. The minimum atomic E-state index is -0.695. The fraction of sp³-hybridized carbons (Fsp3) is 0.360. The highest BCUT2D eigenvalue weighted by molar-refractivity contribution is 5.83. The summed E-state index contributed by atoms with van der Waals surface area (Å²) in [5.74, 6) is -0.946. The molecule has 1 aromatic heterocycles. The molecular formula is C25H26F2N4O2. The van der Waals surface area contributed by atoms with Crippen molar-refractivity contribution in [1.82, 2.24) is 15.1 Å². The molecule has 1 fully saturated rings. The minimum absolute atomic E-state index is 0.146. The number of rotatable bonds is 5. The molecule has 0 saturated heterocycles. The van der Waals surface area contributed by atoms with Gasteiger partial charge in [0.1, 0.15) is 11.4 Å². The maximum atomic E-state index is 14.8. The Labute approximate surface area is 191 Å². The number of halogens is 2. The molecule has 5 rings (SSSR count). The average Bonchev–Trinajstić information content (AvgIpc) is 3.33. The molecule has 0 bridgehead atoms. The topological polar surface area (TPSA) is 59.4 Å². The lowest BCUT2D eigenvalue weighted by atomic mass is 9.95. The van der Waals surface area contributed by atoms with Crippen molar-refractivity contribution in [3.8, 4) is 11.4 Å². The van der Waals surface area contributed by atoms with Gasteiger partial charge in [0, 0.05) is 25.0 Å². The minimum Gasteiger partial charge on any atom is -0.477 e. The molecule has 1 unspecified atom stereocenters. The standard InChI is InChI=1S/C25H26F2N4O2/c26-19-13-17(14-20(27)24(19)31-12-6-11-28-31)15-30-16-23(33-22-10-5-4-9-21(22)30)25(32)29-18-7-2-1-3-8-18/h4-6,9-14,18,23H,1-3,7-8,15-16H2,(H,29,32). The number of nitrogens with one attached hydrogen (secondary N) is 1. The molecule has 1 aliphatic carbocycles. The Morgan fingerprint density at radius 2 is 1.85 bits per heavy atom. The van der Waals surface area contributed by atoms with Gasteiger partial charge in [0.25, 0.3) is 5.91 Å². The predicted molar refractivity (Wildman–Crippen MR) is 120 cm³/mol. The summed E-state index contributed by atoms with van der Waals surface area (Å²) in [5, 5.41) is 7.05. The summed E-state index contributed by atoms with van der Waals surface area (Å²) in [6.45, 7) is 0.528. The number of nitrogens with zero attached hydrogens (tertiary/aromatic N) is 3. The number of ether oxygens (including phenoxy) is 1. The third kappa shape index (κ3) is 4.55. The number of fused-ring (bicyclic) bond motifs is 1. The van der Waals surface area contributed by atoms with Crippen LogP contribution in [0, 0.1) is 11.6 Å². The molecule has 1 aliphatic heterocycles. The van der Waals surface area contributed by atoms with Crippen LogP contribution in [0.2, 0.25) is 0 Å². The largest absolute Gasteiger partial charge is 0.477 e. The van der Waals surface area contributed by atoms with Crippen LogP contribution in [0.3, 0.4) is 0 Å². The van der Waals surface area contributed by atoms with Gasteiger partial charge in [-0.05, 0) is 48.7 Å². The molecule has 2 aromatic carbocycles. The first kappa shape index (κ1) is 21.4. The van der Waals surface area contributed by atoms with E-state index < -0.39 is 17.7 Å². The van der Waals surface area contributed by atoms with E-state index in [4.69, 9.17) is 4.74 Å². The summed E-state index contributed by atoms with van der Waals surface area (Å²) in [6.07, 6.45) is 7.69. The molecule has 2 aliphatic rings. The van der Waals surface area contributed by atoms with Crippen LogP contribution < -0.4 is 15.0 Å². The third-order valence-corrected chi connectivity index (χ3v) is 6.29. The predicted octanol–water partition coefficient (Wildman–Crippen LogP) is 4.37. The molecule has 6 nitrogen and oxygen atoms in total. The highest BCUT2D eigenvalue weighted by Crippen LogP contribution is 2.34. The maximum Gasteiger partial charge on any atom is 0.263 e. The normalized spacial score (nSPS) is 18.5. The van der Waals surface area contributed by atoms with Crippen LogP contribution >= 0.6 is 0 Å².